The molecule has 6 aliphatic rings. The number of aliphatic imine (C=N–C) groups is 3. The molecule has 8 bridgehead atoms. The van der Waals surface area contributed by atoms with Crippen LogP contribution < -0.4 is 5.32 Å². The number of nitrogens with zero attached hydrogens (tertiary/aromatic N) is 3. The quantitative estimate of drug-likeness (QED) is 0.310. The molecular formula is C37H40N4O5. The Morgan fingerprint density at radius 2 is 1.72 bits per heavy atom. The van der Waals surface area contributed by atoms with Crippen molar-refractivity contribution in [2.75, 3.05) is 14.2 Å². The molecule has 0 aromatic carbocycles. The minimum atomic E-state index is -1.03. The van der Waals surface area contributed by atoms with Gasteiger partial charge in [-0.25, -0.2) is 15.0 Å². The van der Waals surface area contributed by atoms with Crippen molar-refractivity contribution in [2.45, 2.75) is 60.3 Å². The summed E-state index contributed by atoms with van der Waals surface area (Å²) in [5.41, 5.74) is 12.3. The maximum absolute atomic E-state index is 13.3. The lowest BCUT2D eigenvalue weighted by Gasteiger charge is -2.20. The lowest BCUT2D eigenvalue weighted by molar-refractivity contribution is -0.143. The second-order valence-corrected chi connectivity index (χ2v) is 12.4. The van der Waals surface area contributed by atoms with E-state index in [2.05, 4.69) is 38.7 Å². The summed E-state index contributed by atoms with van der Waals surface area (Å²) in [5, 5.41) is 15.3. The van der Waals surface area contributed by atoms with E-state index in [1.807, 2.05) is 32.1 Å². The third kappa shape index (κ3) is 4.80. The minimum absolute atomic E-state index is 0.0219. The van der Waals surface area contributed by atoms with Gasteiger partial charge in [0, 0.05) is 46.4 Å². The molecule has 0 aromatic heterocycles. The molecule has 6 rings (SSSR count). The Labute approximate surface area is 269 Å². The van der Waals surface area contributed by atoms with Crippen LogP contribution in [0.2, 0.25) is 0 Å². The minimum Gasteiger partial charge on any atom is -0.510 e. The molecule has 0 amide bonds. The van der Waals surface area contributed by atoms with E-state index < -0.39 is 11.9 Å². The normalized spacial score (nSPS) is 25.0. The first kappa shape index (κ1) is 31.2. The van der Waals surface area contributed by atoms with Gasteiger partial charge in [-0.1, -0.05) is 26.5 Å². The number of allylic oxidation sites excluding steroid dienone is 11. The molecule has 2 N–H and O–H groups in total. The molecule has 9 nitrogen and oxygen atoms in total. The van der Waals surface area contributed by atoms with Gasteiger partial charge in [-0.15, -0.1) is 0 Å². The Morgan fingerprint density at radius 3 is 2.39 bits per heavy atom. The zero-order valence-corrected chi connectivity index (χ0v) is 27.5. The number of aliphatic hydroxyl groups is 1. The van der Waals surface area contributed by atoms with E-state index >= 15 is 0 Å². The number of ether oxygens (including phenoxy) is 2. The predicted octanol–water partition coefficient (Wildman–Crippen LogP) is 6.59. The van der Waals surface area contributed by atoms with Gasteiger partial charge in [-0.05, 0) is 80.6 Å². The van der Waals surface area contributed by atoms with E-state index in [0.29, 0.717) is 35.4 Å². The molecule has 0 spiro atoms. The van der Waals surface area contributed by atoms with Crippen LogP contribution in [-0.4, -0.2) is 48.4 Å². The van der Waals surface area contributed by atoms with Crippen LogP contribution in [0.5, 0.6) is 0 Å². The van der Waals surface area contributed by atoms with Gasteiger partial charge in [0.1, 0.15) is 11.7 Å². The average Bonchev–Trinajstić information content (AvgIpc) is 3.78. The molecule has 9 heteroatoms. The number of rotatable bonds is 7. The van der Waals surface area contributed by atoms with Crippen molar-refractivity contribution in [1.82, 2.24) is 5.32 Å². The van der Waals surface area contributed by atoms with Gasteiger partial charge >= 0.3 is 11.9 Å². The molecule has 1 aliphatic carbocycles. The third-order valence-corrected chi connectivity index (χ3v) is 9.99. The van der Waals surface area contributed by atoms with Crippen molar-refractivity contribution < 1.29 is 24.2 Å². The Morgan fingerprint density at radius 1 is 1.00 bits per heavy atom. The summed E-state index contributed by atoms with van der Waals surface area (Å²) in [6.45, 7) is 14.4. The largest absolute Gasteiger partial charge is 0.510 e. The van der Waals surface area contributed by atoms with E-state index in [4.69, 9.17) is 24.5 Å². The standard InChI is InChI=1S/C37H40N4O5/c1-9-21-17(3)24-14-26-19(5)23(12-11-13-30(42)45-7)34(40-26)32-33(37(44)46-8)36(43)31-20(6)27(41-35(31)32)16-29-22(10-2)18(4)25(39-29)15-28(21)38-24/h9,14-16,19,23,33,40,43H,1,10-13H2,2-8H3/t19-,23-,33+/m0/s1. The highest BCUT2D eigenvalue weighted by Crippen LogP contribution is 2.49. The van der Waals surface area contributed by atoms with E-state index in [1.165, 1.54) is 14.2 Å². The van der Waals surface area contributed by atoms with Gasteiger partial charge < -0.3 is 19.9 Å². The number of carbonyl (C=O) groups excluding carboxylic acids is 2. The van der Waals surface area contributed by atoms with Gasteiger partial charge in [0.25, 0.3) is 0 Å². The summed E-state index contributed by atoms with van der Waals surface area (Å²) >= 11 is 0. The number of hydrogen-bond acceptors (Lipinski definition) is 9. The third-order valence-electron chi connectivity index (χ3n) is 9.99. The molecule has 5 aliphatic heterocycles. The molecule has 3 atom stereocenters. The van der Waals surface area contributed by atoms with Crippen LogP contribution in [0.3, 0.4) is 0 Å². The summed E-state index contributed by atoms with van der Waals surface area (Å²) in [6.07, 6.45) is 10.2. The maximum atomic E-state index is 13.3. The fourth-order valence-corrected chi connectivity index (χ4v) is 7.34. The first-order valence-electron chi connectivity index (χ1n) is 15.8. The number of nitrogens with one attached hydrogen (secondary N) is 1. The van der Waals surface area contributed by atoms with E-state index in [1.54, 1.807) is 0 Å². The van der Waals surface area contributed by atoms with Crippen molar-refractivity contribution in [3.63, 3.8) is 0 Å². The van der Waals surface area contributed by atoms with E-state index in [9.17, 15) is 14.7 Å². The summed E-state index contributed by atoms with van der Waals surface area (Å²) in [5.74, 6) is -2.06. The zero-order chi connectivity index (χ0) is 33.0. The number of aliphatic hydroxyl groups excluding tert-OH is 1. The van der Waals surface area contributed by atoms with Crippen LogP contribution >= 0.6 is 0 Å². The Balaban J connectivity index is 1.63. The van der Waals surface area contributed by atoms with Crippen LogP contribution in [-0.2, 0) is 19.1 Å². The van der Waals surface area contributed by atoms with Crippen molar-refractivity contribution in [3.05, 3.63) is 104 Å². The van der Waals surface area contributed by atoms with Crippen LogP contribution in [0.25, 0.3) is 0 Å². The van der Waals surface area contributed by atoms with Crippen LogP contribution in [0.4, 0.5) is 0 Å². The first-order chi connectivity index (χ1) is 22.0. The maximum Gasteiger partial charge on any atom is 0.321 e. The number of methoxy groups -OCH3 is 2. The first-order valence-corrected chi connectivity index (χ1v) is 15.8. The molecule has 0 saturated carbocycles. The van der Waals surface area contributed by atoms with Gasteiger partial charge in [-0.2, -0.15) is 0 Å². The van der Waals surface area contributed by atoms with Gasteiger partial charge in [-0.3, -0.25) is 9.59 Å². The zero-order valence-electron chi connectivity index (χ0n) is 27.5. The van der Waals surface area contributed by atoms with Crippen LogP contribution in [0.15, 0.2) is 119 Å². The summed E-state index contributed by atoms with van der Waals surface area (Å²) in [6, 6.07) is 0. The van der Waals surface area contributed by atoms with Gasteiger partial charge in [0.2, 0.25) is 0 Å². The molecule has 0 radical (unpaired) electrons. The molecule has 1 fully saturated rings. The van der Waals surface area contributed by atoms with E-state index in [0.717, 1.165) is 68.5 Å². The molecular weight excluding hydrogens is 580 g/mol. The smallest absolute Gasteiger partial charge is 0.321 e. The second kappa shape index (κ2) is 11.9. The second-order valence-electron chi connectivity index (χ2n) is 12.4. The highest BCUT2D eigenvalue weighted by molar-refractivity contribution is 6.24. The molecule has 0 aromatic rings. The summed E-state index contributed by atoms with van der Waals surface area (Å²) in [7, 11) is 2.71. The lowest BCUT2D eigenvalue weighted by Crippen LogP contribution is -2.24. The molecule has 46 heavy (non-hydrogen) atoms. The van der Waals surface area contributed by atoms with Crippen molar-refractivity contribution in [1.29, 1.82) is 0 Å². The predicted molar refractivity (Wildman–Crippen MR) is 179 cm³/mol. The fourth-order valence-electron chi connectivity index (χ4n) is 7.34. The highest BCUT2D eigenvalue weighted by Gasteiger charge is 2.49. The average molecular weight is 621 g/mol. The number of fused-ring (bicyclic) bond motifs is 5. The summed E-state index contributed by atoms with van der Waals surface area (Å²) in [4.78, 5) is 40.6. The number of carbonyl (C=O) groups is 2. The SMILES string of the molecule is C=CC1=C(C)C2=NC1=CC1=NC(=CC3=C(C)C4=C(O)[C@H](C(=O)OC)C(=C5NC(=C2)[C@@H](C)[C@@H]5CCCC(=O)OC)C4=N3)C(CC)=C1C. The van der Waals surface area contributed by atoms with Crippen molar-refractivity contribution in [3.8, 4) is 0 Å². The summed E-state index contributed by atoms with van der Waals surface area (Å²) < 4.78 is 10.1. The Kier molecular flexibility index (Phi) is 8.04. The van der Waals surface area contributed by atoms with Crippen molar-refractivity contribution >= 4 is 29.1 Å². The van der Waals surface area contributed by atoms with Crippen molar-refractivity contribution in [2.24, 2.45) is 32.7 Å². The molecule has 1 saturated heterocycles. The van der Waals surface area contributed by atoms with E-state index in [-0.39, 0.29) is 30.0 Å². The Bertz CT molecular complexity index is 1850. The topological polar surface area (TPSA) is 122 Å². The molecule has 5 heterocycles. The van der Waals surface area contributed by atoms with Gasteiger partial charge in [0.15, 0.2) is 0 Å². The monoisotopic (exact) mass is 620 g/mol. The number of esters is 2. The lowest BCUT2D eigenvalue weighted by atomic mass is 9.84. The number of hydrogen-bond donors (Lipinski definition) is 2. The highest BCUT2D eigenvalue weighted by atomic mass is 16.5. The van der Waals surface area contributed by atoms with Crippen LogP contribution in [0.1, 0.15) is 60.3 Å². The fraction of sp³-hybridized carbons (Fsp3) is 0.378. The van der Waals surface area contributed by atoms with Gasteiger partial charge in [0.05, 0.1) is 48.4 Å². The van der Waals surface area contributed by atoms with Crippen LogP contribution in [0, 0.1) is 17.8 Å². The Hall–Kier alpha value is -4.79. The molecule has 238 valence electrons. The molecule has 0 unspecified atom stereocenters.